The Kier molecular flexibility index (Phi) is 2.83. The van der Waals surface area contributed by atoms with E-state index < -0.39 is 0 Å². The van der Waals surface area contributed by atoms with Crippen molar-refractivity contribution in [3.8, 4) is 5.75 Å². The van der Waals surface area contributed by atoms with E-state index in [0.717, 1.165) is 37.2 Å². The van der Waals surface area contributed by atoms with E-state index in [-0.39, 0.29) is 17.7 Å². The summed E-state index contributed by atoms with van der Waals surface area (Å²) in [5, 5.41) is 0. The van der Waals surface area contributed by atoms with Crippen LogP contribution in [0.3, 0.4) is 0 Å². The fourth-order valence-corrected chi connectivity index (χ4v) is 3.25. The molecule has 0 bridgehead atoms. The highest BCUT2D eigenvalue weighted by Crippen LogP contribution is 2.44. The van der Waals surface area contributed by atoms with Crippen LogP contribution >= 0.6 is 0 Å². The summed E-state index contributed by atoms with van der Waals surface area (Å²) in [4.78, 5) is 0. The fourth-order valence-electron chi connectivity index (χ4n) is 3.25. The smallest absolute Gasteiger partial charge is 0.124 e. The molecule has 3 rings (SSSR count). The van der Waals surface area contributed by atoms with E-state index in [1.165, 1.54) is 5.56 Å². The normalized spacial score (nSPS) is 35.1. The zero-order valence-electron chi connectivity index (χ0n) is 11.1. The van der Waals surface area contributed by atoms with Gasteiger partial charge in [0, 0.05) is 30.9 Å². The lowest BCUT2D eigenvalue weighted by atomic mass is 9.80. The molecule has 0 radical (unpaired) electrons. The minimum Gasteiger partial charge on any atom is -0.487 e. The van der Waals surface area contributed by atoms with Crippen LogP contribution in [0.4, 0.5) is 0 Å². The highest BCUT2D eigenvalue weighted by atomic mass is 16.5. The number of hydrogen-bond donors (Lipinski definition) is 1. The first-order valence-electron chi connectivity index (χ1n) is 6.75. The van der Waals surface area contributed by atoms with E-state index in [0.29, 0.717) is 0 Å². The zero-order chi connectivity index (χ0) is 12.8. The molecule has 0 aromatic heterocycles. The molecule has 1 spiro atoms. The number of aryl methyl sites for hydroxylation is 1. The van der Waals surface area contributed by atoms with E-state index >= 15 is 0 Å². The molecule has 3 unspecified atom stereocenters. The van der Waals surface area contributed by atoms with Gasteiger partial charge in [-0.2, -0.15) is 0 Å². The maximum absolute atomic E-state index is 6.35. The first-order chi connectivity index (χ1) is 8.58. The van der Waals surface area contributed by atoms with Gasteiger partial charge >= 0.3 is 0 Å². The zero-order valence-corrected chi connectivity index (χ0v) is 11.1. The quantitative estimate of drug-likeness (QED) is 0.766. The molecule has 98 valence electrons. The first kappa shape index (κ1) is 12.0. The Labute approximate surface area is 108 Å². The first-order valence-corrected chi connectivity index (χ1v) is 6.75. The summed E-state index contributed by atoms with van der Waals surface area (Å²) in [7, 11) is 0. The summed E-state index contributed by atoms with van der Waals surface area (Å²) in [6, 6.07) is 6.38. The van der Waals surface area contributed by atoms with Crippen LogP contribution in [0.25, 0.3) is 0 Å². The van der Waals surface area contributed by atoms with Gasteiger partial charge in [-0.1, -0.05) is 17.7 Å². The van der Waals surface area contributed by atoms with Crippen molar-refractivity contribution in [1.29, 1.82) is 0 Å². The molecule has 1 fully saturated rings. The molecule has 0 aliphatic carbocycles. The number of fused-ring (bicyclic) bond motifs is 1. The van der Waals surface area contributed by atoms with Crippen LogP contribution in [-0.2, 0) is 4.74 Å². The van der Waals surface area contributed by atoms with Crippen molar-refractivity contribution >= 4 is 0 Å². The Morgan fingerprint density at radius 1 is 1.33 bits per heavy atom. The van der Waals surface area contributed by atoms with Gasteiger partial charge in [-0.15, -0.1) is 0 Å². The van der Waals surface area contributed by atoms with Crippen LogP contribution in [0.5, 0.6) is 5.75 Å². The monoisotopic (exact) mass is 247 g/mol. The molecule has 2 aliphatic rings. The van der Waals surface area contributed by atoms with Gasteiger partial charge in [0.05, 0.1) is 12.7 Å². The van der Waals surface area contributed by atoms with Crippen molar-refractivity contribution in [3.63, 3.8) is 0 Å². The molecule has 2 aliphatic heterocycles. The van der Waals surface area contributed by atoms with Crippen LogP contribution in [0.2, 0.25) is 0 Å². The third kappa shape index (κ3) is 2.02. The maximum Gasteiger partial charge on any atom is 0.124 e. The summed E-state index contributed by atoms with van der Waals surface area (Å²) in [6.07, 6.45) is 3.04. The van der Waals surface area contributed by atoms with Crippen molar-refractivity contribution in [2.45, 2.75) is 50.9 Å². The van der Waals surface area contributed by atoms with Gasteiger partial charge in [-0.05, 0) is 19.9 Å². The fraction of sp³-hybridized carbons (Fsp3) is 0.600. The predicted molar refractivity (Wildman–Crippen MR) is 70.7 cm³/mol. The van der Waals surface area contributed by atoms with E-state index in [1.54, 1.807) is 0 Å². The van der Waals surface area contributed by atoms with Gasteiger partial charge in [-0.25, -0.2) is 0 Å². The number of hydrogen-bond acceptors (Lipinski definition) is 3. The Morgan fingerprint density at radius 2 is 2.17 bits per heavy atom. The van der Waals surface area contributed by atoms with E-state index in [9.17, 15) is 0 Å². The topological polar surface area (TPSA) is 44.5 Å². The molecule has 2 N–H and O–H groups in total. The minimum atomic E-state index is -0.112. The molecule has 2 heterocycles. The Morgan fingerprint density at radius 3 is 2.94 bits per heavy atom. The second-order valence-electron chi connectivity index (χ2n) is 5.77. The minimum absolute atomic E-state index is 0.0824. The van der Waals surface area contributed by atoms with Crippen LogP contribution in [0.1, 0.15) is 43.4 Å². The van der Waals surface area contributed by atoms with E-state index in [2.05, 4.69) is 32.0 Å². The number of benzene rings is 1. The van der Waals surface area contributed by atoms with Crippen molar-refractivity contribution in [3.05, 3.63) is 29.3 Å². The molecule has 1 saturated heterocycles. The molecular formula is C15H21NO2. The summed E-state index contributed by atoms with van der Waals surface area (Å²) in [6.45, 7) is 4.98. The molecule has 0 amide bonds. The third-order valence-corrected chi connectivity index (χ3v) is 4.10. The summed E-state index contributed by atoms with van der Waals surface area (Å²) in [5.74, 6) is 0.966. The Hall–Kier alpha value is -1.06. The molecule has 18 heavy (non-hydrogen) atoms. The van der Waals surface area contributed by atoms with Gasteiger partial charge < -0.3 is 15.2 Å². The standard InChI is InChI=1S/C15H21NO2/c1-10-3-4-14-12(7-10)13(16)9-15(18-14)5-6-17-11(2)8-15/h3-4,7,11,13H,5-6,8-9,16H2,1-2H3. The molecule has 3 atom stereocenters. The molecule has 3 nitrogen and oxygen atoms in total. The SMILES string of the molecule is Cc1ccc2c(c1)C(N)CC1(CCOC(C)C1)O2. The van der Waals surface area contributed by atoms with E-state index in [4.69, 9.17) is 15.2 Å². The van der Waals surface area contributed by atoms with Crippen LogP contribution < -0.4 is 10.5 Å². The van der Waals surface area contributed by atoms with Crippen LogP contribution in [-0.4, -0.2) is 18.3 Å². The van der Waals surface area contributed by atoms with Crippen molar-refractivity contribution in [2.24, 2.45) is 5.73 Å². The number of nitrogens with two attached hydrogens (primary N) is 1. The molecular weight excluding hydrogens is 226 g/mol. The lowest BCUT2D eigenvalue weighted by molar-refractivity contribution is -0.0949. The highest BCUT2D eigenvalue weighted by Gasteiger charge is 2.43. The maximum atomic E-state index is 6.35. The van der Waals surface area contributed by atoms with Gasteiger partial charge in [-0.3, -0.25) is 0 Å². The lowest BCUT2D eigenvalue weighted by Gasteiger charge is -2.45. The number of rotatable bonds is 0. The van der Waals surface area contributed by atoms with Gasteiger partial charge in [0.1, 0.15) is 11.4 Å². The van der Waals surface area contributed by atoms with Crippen molar-refractivity contribution in [2.75, 3.05) is 6.61 Å². The average Bonchev–Trinajstić information content (AvgIpc) is 2.30. The lowest BCUT2D eigenvalue weighted by Crippen LogP contribution is -2.49. The van der Waals surface area contributed by atoms with Gasteiger partial charge in [0.15, 0.2) is 0 Å². The molecule has 1 aromatic carbocycles. The summed E-state index contributed by atoms with van der Waals surface area (Å²) in [5.41, 5.74) is 8.63. The highest BCUT2D eigenvalue weighted by molar-refractivity contribution is 5.41. The molecule has 1 aromatic rings. The van der Waals surface area contributed by atoms with Crippen LogP contribution in [0, 0.1) is 6.92 Å². The average molecular weight is 247 g/mol. The molecule has 3 heteroatoms. The summed E-state index contributed by atoms with van der Waals surface area (Å²) >= 11 is 0. The van der Waals surface area contributed by atoms with E-state index in [1.807, 2.05) is 0 Å². The van der Waals surface area contributed by atoms with Crippen LogP contribution in [0.15, 0.2) is 18.2 Å². The number of ether oxygens (including phenoxy) is 2. The third-order valence-electron chi connectivity index (χ3n) is 4.10. The Bertz CT molecular complexity index is 460. The largest absolute Gasteiger partial charge is 0.487 e. The van der Waals surface area contributed by atoms with Gasteiger partial charge in [0.25, 0.3) is 0 Å². The summed E-state index contributed by atoms with van der Waals surface area (Å²) < 4.78 is 11.9. The second kappa shape index (κ2) is 4.25. The Balaban J connectivity index is 1.93. The predicted octanol–water partition coefficient (Wildman–Crippen LogP) is 2.72. The second-order valence-corrected chi connectivity index (χ2v) is 5.77. The van der Waals surface area contributed by atoms with Crippen molar-refractivity contribution < 1.29 is 9.47 Å². The van der Waals surface area contributed by atoms with Crippen molar-refractivity contribution in [1.82, 2.24) is 0 Å². The van der Waals surface area contributed by atoms with Gasteiger partial charge in [0.2, 0.25) is 0 Å². The molecule has 0 saturated carbocycles.